The topological polar surface area (TPSA) is 57.6 Å². The highest BCUT2D eigenvalue weighted by Crippen LogP contribution is 2.20. The van der Waals surface area contributed by atoms with E-state index in [1.807, 2.05) is 7.05 Å². The van der Waals surface area contributed by atoms with Gasteiger partial charge < -0.3 is 10.0 Å². The summed E-state index contributed by atoms with van der Waals surface area (Å²) in [6.45, 7) is 1.83. The van der Waals surface area contributed by atoms with Crippen molar-refractivity contribution in [2.24, 2.45) is 5.92 Å². The summed E-state index contributed by atoms with van der Waals surface area (Å²) in [6, 6.07) is 6.20. The van der Waals surface area contributed by atoms with Crippen molar-refractivity contribution in [3.05, 3.63) is 35.4 Å². The van der Waals surface area contributed by atoms with Crippen LogP contribution in [-0.4, -0.2) is 41.9 Å². The normalized spacial score (nSPS) is 20.6. The number of carboxylic acids is 1. The molecule has 1 atom stereocenters. The standard InChI is InChI=1S/C14H17NO3/c1-15-8-2-3-12(9-15)13(16)10-4-6-11(7-5-10)14(17)18/h4-7,12H,2-3,8-9H2,1H3,(H,17,18). The van der Waals surface area contributed by atoms with E-state index in [1.54, 1.807) is 12.1 Å². The second-order valence-electron chi connectivity index (χ2n) is 4.85. The van der Waals surface area contributed by atoms with Gasteiger partial charge in [-0.3, -0.25) is 4.79 Å². The SMILES string of the molecule is CN1CCCC(C(=O)c2ccc(C(=O)O)cc2)C1. The first kappa shape index (κ1) is 12.8. The van der Waals surface area contributed by atoms with Crippen molar-refractivity contribution in [2.75, 3.05) is 20.1 Å². The maximum atomic E-state index is 12.3. The number of hydrogen-bond acceptors (Lipinski definition) is 3. The molecule has 2 rings (SSSR count). The van der Waals surface area contributed by atoms with E-state index in [-0.39, 0.29) is 17.3 Å². The average molecular weight is 247 g/mol. The molecule has 1 aliphatic rings. The molecule has 0 radical (unpaired) electrons. The smallest absolute Gasteiger partial charge is 0.335 e. The Labute approximate surface area is 106 Å². The van der Waals surface area contributed by atoms with Crippen LogP contribution in [0.3, 0.4) is 0 Å². The molecule has 0 spiro atoms. The Morgan fingerprint density at radius 3 is 2.39 bits per heavy atom. The molecule has 1 fully saturated rings. The fourth-order valence-corrected chi connectivity index (χ4v) is 2.39. The zero-order chi connectivity index (χ0) is 13.1. The summed E-state index contributed by atoms with van der Waals surface area (Å²) >= 11 is 0. The molecule has 0 saturated carbocycles. The van der Waals surface area contributed by atoms with Crippen molar-refractivity contribution < 1.29 is 14.7 Å². The van der Waals surface area contributed by atoms with Crippen LogP contribution < -0.4 is 0 Å². The van der Waals surface area contributed by atoms with Gasteiger partial charge in [-0.05, 0) is 38.6 Å². The molecule has 0 aliphatic carbocycles. The number of nitrogens with zero attached hydrogens (tertiary/aromatic N) is 1. The first-order valence-electron chi connectivity index (χ1n) is 6.14. The number of carbonyl (C=O) groups is 2. The van der Waals surface area contributed by atoms with Gasteiger partial charge in [-0.25, -0.2) is 4.79 Å². The lowest BCUT2D eigenvalue weighted by Gasteiger charge is -2.28. The highest BCUT2D eigenvalue weighted by atomic mass is 16.4. The summed E-state index contributed by atoms with van der Waals surface area (Å²) in [5.74, 6) is -0.802. The van der Waals surface area contributed by atoms with Crippen LogP contribution in [0, 0.1) is 5.92 Å². The van der Waals surface area contributed by atoms with Crippen molar-refractivity contribution >= 4 is 11.8 Å². The molecule has 1 aromatic carbocycles. The van der Waals surface area contributed by atoms with Crippen molar-refractivity contribution in [2.45, 2.75) is 12.8 Å². The van der Waals surface area contributed by atoms with Gasteiger partial charge in [0.2, 0.25) is 0 Å². The van der Waals surface area contributed by atoms with Gasteiger partial charge >= 0.3 is 5.97 Å². The van der Waals surface area contributed by atoms with Gasteiger partial charge in [0.1, 0.15) is 0 Å². The van der Waals surface area contributed by atoms with Gasteiger partial charge in [0.15, 0.2) is 5.78 Å². The van der Waals surface area contributed by atoms with Gasteiger partial charge in [-0.2, -0.15) is 0 Å². The molecule has 18 heavy (non-hydrogen) atoms. The van der Waals surface area contributed by atoms with Gasteiger partial charge in [0.05, 0.1) is 5.56 Å². The zero-order valence-electron chi connectivity index (χ0n) is 10.4. The summed E-state index contributed by atoms with van der Waals surface area (Å²) in [6.07, 6.45) is 1.96. The molecule has 96 valence electrons. The minimum atomic E-state index is -0.966. The second kappa shape index (κ2) is 5.31. The highest BCUT2D eigenvalue weighted by molar-refractivity contribution is 5.99. The fourth-order valence-electron chi connectivity index (χ4n) is 2.39. The third-order valence-corrected chi connectivity index (χ3v) is 3.41. The molecule has 0 aromatic heterocycles. The maximum Gasteiger partial charge on any atom is 0.335 e. The van der Waals surface area contributed by atoms with E-state index in [1.165, 1.54) is 12.1 Å². The average Bonchev–Trinajstić information content (AvgIpc) is 2.38. The number of likely N-dealkylation sites (tertiary alicyclic amines) is 1. The fraction of sp³-hybridized carbons (Fsp3) is 0.429. The largest absolute Gasteiger partial charge is 0.478 e. The Kier molecular flexibility index (Phi) is 3.77. The molecule has 1 heterocycles. The molecule has 1 aliphatic heterocycles. The molecule has 0 amide bonds. The summed E-state index contributed by atoms with van der Waals surface area (Å²) in [7, 11) is 2.02. The molecule has 1 N–H and O–H groups in total. The number of hydrogen-bond donors (Lipinski definition) is 1. The maximum absolute atomic E-state index is 12.3. The van der Waals surface area contributed by atoms with Crippen LogP contribution in [0.5, 0.6) is 0 Å². The van der Waals surface area contributed by atoms with E-state index in [0.717, 1.165) is 25.9 Å². The summed E-state index contributed by atoms with van der Waals surface area (Å²) < 4.78 is 0. The van der Waals surface area contributed by atoms with Gasteiger partial charge in [-0.1, -0.05) is 12.1 Å². The minimum absolute atomic E-state index is 0.0411. The lowest BCUT2D eigenvalue weighted by molar-refractivity contribution is 0.0696. The first-order chi connectivity index (χ1) is 8.58. The van der Waals surface area contributed by atoms with Crippen LogP contribution in [0.25, 0.3) is 0 Å². The number of carboxylic acid groups (broad SMARTS) is 1. The van der Waals surface area contributed by atoms with E-state index in [4.69, 9.17) is 5.11 Å². The number of piperidine rings is 1. The molecule has 0 bridgehead atoms. The molecule has 1 saturated heterocycles. The quantitative estimate of drug-likeness (QED) is 0.829. The molecule has 4 heteroatoms. The molecule has 1 unspecified atom stereocenters. The lowest BCUT2D eigenvalue weighted by atomic mass is 9.90. The van der Waals surface area contributed by atoms with Crippen LogP contribution in [0.1, 0.15) is 33.6 Å². The summed E-state index contributed by atoms with van der Waals surface area (Å²) in [5, 5.41) is 8.81. The van der Waals surface area contributed by atoms with Crippen LogP contribution in [0.2, 0.25) is 0 Å². The third-order valence-electron chi connectivity index (χ3n) is 3.41. The van der Waals surface area contributed by atoms with Crippen LogP contribution in [-0.2, 0) is 0 Å². The second-order valence-corrected chi connectivity index (χ2v) is 4.85. The third kappa shape index (κ3) is 2.76. The molecule has 1 aromatic rings. The predicted octanol–water partition coefficient (Wildman–Crippen LogP) is 1.91. The van der Waals surface area contributed by atoms with E-state index < -0.39 is 5.97 Å². The summed E-state index contributed by atoms with van der Waals surface area (Å²) in [4.78, 5) is 25.2. The number of aromatic carboxylic acids is 1. The Hall–Kier alpha value is -1.68. The van der Waals surface area contributed by atoms with E-state index in [9.17, 15) is 9.59 Å². The number of benzene rings is 1. The highest BCUT2D eigenvalue weighted by Gasteiger charge is 2.24. The lowest BCUT2D eigenvalue weighted by Crippen LogP contribution is -2.36. The number of ketones is 1. The minimum Gasteiger partial charge on any atom is -0.478 e. The Morgan fingerprint density at radius 2 is 1.83 bits per heavy atom. The molecule has 4 nitrogen and oxygen atoms in total. The number of Topliss-reactive ketones (excluding diaryl/α,β-unsaturated/α-hetero) is 1. The van der Waals surface area contributed by atoms with Gasteiger partial charge in [-0.15, -0.1) is 0 Å². The first-order valence-corrected chi connectivity index (χ1v) is 6.14. The Morgan fingerprint density at radius 1 is 1.22 bits per heavy atom. The number of carbonyl (C=O) groups excluding carboxylic acids is 1. The van der Waals surface area contributed by atoms with Crippen molar-refractivity contribution in [1.29, 1.82) is 0 Å². The zero-order valence-corrected chi connectivity index (χ0v) is 10.4. The Balaban J connectivity index is 2.10. The van der Waals surface area contributed by atoms with Gasteiger partial charge in [0, 0.05) is 18.0 Å². The van der Waals surface area contributed by atoms with Crippen molar-refractivity contribution in [3.63, 3.8) is 0 Å². The molecular formula is C14H17NO3. The van der Waals surface area contributed by atoms with E-state index in [0.29, 0.717) is 5.56 Å². The van der Waals surface area contributed by atoms with E-state index >= 15 is 0 Å². The molecular weight excluding hydrogens is 230 g/mol. The summed E-state index contributed by atoms with van der Waals surface area (Å²) in [5.41, 5.74) is 0.826. The van der Waals surface area contributed by atoms with Crippen LogP contribution in [0.4, 0.5) is 0 Å². The van der Waals surface area contributed by atoms with Crippen molar-refractivity contribution in [1.82, 2.24) is 4.90 Å². The predicted molar refractivity (Wildman–Crippen MR) is 68.0 cm³/mol. The number of rotatable bonds is 3. The van der Waals surface area contributed by atoms with E-state index in [2.05, 4.69) is 4.90 Å². The Bertz CT molecular complexity index is 453. The van der Waals surface area contributed by atoms with Crippen molar-refractivity contribution in [3.8, 4) is 0 Å². The van der Waals surface area contributed by atoms with Crippen LogP contribution in [0.15, 0.2) is 24.3 Å². The van der Waals surface area contributed by atoms with Gasteiger partial charge in [0.25, 0.3) is 0 Å². The van der Waals surface area contributed by atoms with Crippen LogP contribution >= 0.6 is 0 Å². The monoisotopic (exact) mass is 247 g/mol.